The molecule has 0 spiro atoms. The molecular weight excluding hydrogens is 431 g/mol. The molecule has 0 atom stereocenters. The molecule has 0 aromatic carbocycles. The Morgan fingerprint density at radius 1 is 0.433 bits per heavy atom. The molecule has 4 aromatic heterocycles. The number of hydrogen-bond donors (Lipinski definition) is 4. The summed E-state index contributed by atoms with van der Waals surface area (Å²) in [6, 6.07) is 3.35. The van der Waals surface area contributed by atoms with E-state index < -0.39 is 0 Å². The summed E-state index contributed by atoms with van der Waals surface area (Å²) in [7, 11) is 0. The minimum absolute atomic E-state index is 0.218. The minimum atomic E-state index is 0.218. The molecular formula is C16H10Cl2N12. The number of hydrogen-bond acceptors (Lipinski definition) is 12. The highest BCUT2D eigenvalue weighted by atomic mass is 35.5. The maximum Gasteiger partial charge on any atom is 0.156 e. The monoisotopic (exact) mass is 440 g/mol. The van der Waals surface area contributed by atoms with Crippen molar-refractivity contribution < 1.29 is 0 Å². The number of fused-ring (bicyclic) bond motifs is 8. The van der Waals surface area contributed by atoms with Crippen LogP contribution in [0.25, 0.3) is 0 Å². The number of halogens is 2. The van der Waals surface area contributed by atoms with Crippen molar-refractivity contribution in [3.63, 3.8) is 0 Å². The summed E-state index contributed by atoms with van der Waals surface area (Å²) in [5, 5.41) is 12.6. The van der Waals surface area contributed by atoms with Crippen LogP contribution in [0.2, 0.25) is 10.0 Å². The van der Waals surface area contributed by atoms with Crippen LogP contribution < -0.4 is 21.3 Å². The van der Waals surface area contributed by atoms with Gasteiger partial charge in [0.2, 0.25) is 0 Å². The Morgan fingerprint density at radius 2 is 0.767 bits per heavy atom. The standard InChI is InChI=1S/C16H10Cl2N12/c17-11-13-23-5-25-15(11)30-16-12(18)14(24-6-26-16)29-10-2-8(20-4-22-10)27-7-1-9(28-13)21-3-19-7/h1-6H,(H4,19,20,21,22,23,24,25,26,27,28,29,30). The smallest absolute Gasteiger partial charge is 0.156 e. The molecule has 1 aliphatic rings. The molecule has 5 rings (SSSR count). The van der Waals surface area contributed by atoms with Crippen molar-refractivity contribution >= 4 is 69.7 Å². The highest BCUT2D eigenvalue weighted by Crippen LogP contribution is 2.34. The molecule has 0 saturated carbocycles. The molecule has 0 unspecified atom stereocenters. The van der Waals surface area contributed by atoms with Crippen LogP contribution in [-0.2, 0) is 0 Å². The Balaban J connectivity index is 1.66. The van der Waals surface area contributed by atoms with Gasteiger partial charge in [0.1, 0.15) is 58.6 Å². The maximum atomic E-state index is 6.47. The molecule has 4 N–H and O–H groups in total. The average molecular weight is 441 g/mol. The Labute approximate surface area is 178 Å². The lowest BCUT2D eigenvalue weighted by Gasteiger charge is -2.14. The van der Waals surface area contributed by atoms with E-state index in [0.717, 1.165) is 0 Å². The van der Waals surface area contributed by atoms with Gasteiger partial charge in [-0.15, -0.1) is 0 Å². The summed E-state index contributed by atoms with van der Waals surface area (Å²) in [5.74, 6) is 3.17. The van der Waals surface area contributed by atoms with Gasteiger partial charge in [0, 0.05) is 12.1 Å². The lowest BCUT2D eigenvalue weighted by Crippen LogP contribution is -2.06. The molecule has 0 saturated heterocycles. The summed E-state index contributed by atoms with van der Waals surface area (Å²) < 4.78 is 0. The zero-order valence-corrected chi connectivity index (χ0v) is 16.3. The van der Waals surface area contributed by atoms with Gasteiger partial charge >= 0.3 is 0 Å². The second-order valence-electron chi connectivity index (χ2n) is 5.85. The van der Waals surface area contributed by atoms with E-state index in [0.29, 0.717) is 46.5 Å². The highest BCUT2D eigenvalue weighted by molar-refractivity contribution is 6.37. The molecule has 148 valence electrons. The number of anilines is 8. The lowest BCUT2D eigenvalue weighted by molar-refractivity contribution is 1.10. The second-order valence-corrected chi connectivity index (χ2v) is 6.60. The van der Waals surface area contributed by atoms with Crippen LogP contribution in [0, 0.1) is 0 Å². The first-order valence-corrected chi connectivity index (χ1v) is 9.14. The quantitative estimate of drug-likeness (QED) is 0.279. The SMILES string of the molecule is Clc1c2ncnc1Nc1ncnc(c1Cl)Nc1cc(ncn1)Nc1cc(ncn1)N2. The molecule has 0 amide bonds. The first kappa shape index (κ1) is 18.1. The van der Waals surface area contributed by atoms with E-state index in [2.05, 4.69) is 61.1 Å². The van der Waals surface area contributed by atoms with Crippen LogP contribution in [0.3, 0.4) is 0 Å². The van der Waals surface area contributed by atoms with Crippen molar-refractivity contribution in [2.45, 2.75) is 0 Å². The van der Waals surface area contributed by atoms with Crippen LogP contribution in [-0.4, -0.2) is 39.9 Å². The van der Waals surface area contributed by atoms with Crippen LogP contribution in [0.1, 0.15) is 0 Å². The zero-order chi connectivity index (χ0) is 20.5. The van der Waals surface area contributed by atoms with E-state index in [1.807, 2.05) is 0 Å². The minimum Gasteiger partial charge on any atom is -0.325 e. The van der Waals surface area contributed by atoms with Gasteiger partial charge in [0.05, 0.1) is 0 Å². The third kappa shape index (κ3) is 3.56. The van der Waals surface area contributed by atoms with Crippen molar-refractivity contribution in [2.24, 2.45) is 0 Å². The fourth-order valence-corrected chi connectivity index (χ4v) is 2.95. The molecule has 0 aliphatic carbocycles. The number of nitrogens with one attached hydrogen (secondary N) is 4. The molecule has 8 bridgehead atoms. The molecule has 1 aliphatic heterocycles. The van der Waals surface area contributed by atoms with Crippen molar-refractivity contribution in [2.75, 3.05) is 21.3 Å². The van der Waals surface area contributed by atoms with E-state index in [4.69, 9.17) is 23.2 Å². The third-order valence-corrected chi connectivity index (χ3v) is 4.62. The van der Waals surface area contributed by atoms with Gasteiger partial charge in [-0.2, -0.15) is 0 Å². The van der Waals surface area contributed by atoms with Gasteiger partial charge < -0.3 is 21.3 Å². The highest BCUT2D eigenvalue weighted by Gasteiger charge is 2.16. The van der Waals surface area contributed by atoms with Crippen molar-refractivity contribution in [3.8, 4) is 0 Å². The molecule has 14 heteroatoms. The van der Waals surface area contributed by atoms with Gasteiger partial charge in [0.25, 0.3) is 0 Å². The maximum absolute atomic E-state index is 6.47. The Morgan fingerprint density at radius 3 is 1.20 bits per heavy atom. The van der Waals surface area contributed by atoms with Gasteiger partial charge in [0.15, 0.2) is 23.3 Å². The van der Waals surface area contributed by atoms with Crippen LogP contribution in [0.5, 0.6) is 0 Å². The number of rotatable bonds is 0. The average Bonchev–Trinajstić information content (AvgIpc) is 2.74. The lowest BCUT2D eigenvalue weighted by atomic mass is 10.4. The first-order chi connectivity index (χ1) is 14.7. The first-order valence-electron chi connectivity index (χ1n) is 8.39. The van der Waals surface area contributed by atoms with Gasteiger partial charge in [-0.1, -0.05) is 23.2 Å². The van der Waals surface area contributed by atoms with Crippen LogP contribution in [0.15, 0.2) is 37.4 Å². The Hall–Kier alpha value is -3.90. The van der Waals surface area contributed by atoms with E-state index in [1.165, 1.54) is 25.3 Å². The fourth-order valence-electron chi connectivity index (χ4n) is 2.56. The fraction of sp³-hybridized carbons (Fsp3) is 0. The molecule has 4 aromatic rings. The normalized spacial score (nSPS) is 12.1. The number of nitrogens with zero attached hydrogens (tertiary/aromatic N) is 8. The molecule has 0 fully saturated rings. The molecule has 0 radical (unpaired) electrons. The van der Waals surface area contributed by atoms with Gasteiger partial charge in [-0.05, 0) is 0 Å². The molecule has 12 nitrogen and oxygen atoms in total. The van der Waals surface area contributed by atoms with Crippen molar-refractivity contribution in [1.29, 1.82) is 0 Å². The zero-order valence-electron chi connectivity index (χ0n) is 14.8. The van der Waals surface area contributed by atoms with E-state index >= 15 is 0 Å². The topological polar surface area (TPSA) is 151 Å². The van der Waals surface area contributed by atoms with E-state index in [1.54, 1.807) is 12.1 Å². The summed E-state index contributed by atoms with van der Waals surface area (Å²) in [6.07, 6.45) is 5.46. The predicted octanol–water partition coefficient (Wildman–Crippen LogP) is 3.44. The molecule has 5 heterocycles. The largest absolute Gasteiger partial charge is 0.325 e. The van der Waals surface area contributed by atoms with Gasteiger partial charge in [-0.25, -0.2) is 39.9 Å². The van der Waals surface area contributed by atoms with E-state index in [-0.39, 0.29) is 10.0 Å². The number of aromatic nitrogens is 8. The van der Waals surface area contributed by atoms with Crippen LogP contribution in [0.4, 0.5) is 46.5 Å². The Bertz CT molecular complexity index is 1160. The second kappa shape index (κ2) is 7.50. The van der Waals surface area contributed by atoms with Crippen molar-refractivity contribution in [3.05, 3.63) is 47.5 Å². The van der Waals surface area contributed by atoms with Crippen LogP contribution >= 0.6 is 23.2 Å². The molecule has 30 heavy (non-hydrogen) atoms. The van der Waals surface area contributed by atoms with E-state index in [9.17, 15) is 0 Å². The Kier molecular flexibility index (Phi) is 4.53. The third-order valence-electron chi connectivity index (χ3n) is 3.90. The summed E-state index contributed by atoms with van der Waals surface area (Å²) in [5.41, 5.74) is 0. The summed E-state index contributed by atoms with van der Waals surface area (Å²) in [4.78, 5) is 33.4. The summed E-state index contributed by atoms with van der Waals surface area (Å²) in [6.45, 7) is 0. The summed E-state index contributed by atoms with van der Waals surface area (Å²) >= 11 is 12.9. The predicted molar refractivity (Wildman–Crippen MR) is 111 cm³/mol. The van der Waals surface area contributed by atoms with Crippen molar-refractivity contribution in [1.82, 2.24) is 39.9 Å². The van der Waals surface area contributed by atoms with Gasteiger partial charge in [-0.3, -0.25) is 0 Å².